The molecule has 1 atom stereocenters. The van der Waals surface area contributed by atoms with Crippen molar-refractivity contribution in [3.05, 3.63) is 86.8 Å². The Labute approximate surface area is 188 Å². The average molecular weight is 463 g/mol. The normalized spacial score (nSPS) is 11.7. The van der Waals surface area contributed by atoms with Crippen LogP contribution < -0.4 is 16.0 Å². The lowest BCUT2D eigenvalue weighted by atomic mass is 10.1. The Morgan fingerprint density at radius 3 is 2.17 bits per heavy atom. The number of hydrogen-bond donors (Lipinski definition) is 3. The summed E-state index contributed by atoms with van der Waals surface area (Å²) in [4.78, 5) is 25.1. The highest BCUT2D eigenvalue weighted by molar-refractivity contribution is 7.11. The van der Waals surface area contributed by atoms with Gasteiger partial charge in [0.05, 0.1) is 12.7 Å². The molecular formula is C21H20Cl2N4O2S. The largest absolute Gasteiger partial charge is 0.351 e. The third kappa shape index (κ3) is 6.27. The third-order valence-corrected chi connectivity index (χ3v) is 5.75. The van der Waals surface area contributed by atoms with Crippen molar-refractivity contribution in [3.63, 3.8) is 0 Å². The van der Waals surface area contributed by atoms with Gasteiger partial charge in [-0.05, 0) is 29.1 Å². The van der Waals surface area contributed by atoms with Crippen molar-refractivity contribution in [1.29, 1.82) is 0 Å². The second-order valence-corrected chi connectivity index (χ2v) is 8.19. The zero-order chi connectivity index (χ0) is 21.3. The van der Waals surface area contributed by atoms with Gasteiger partial charge < -0.3 is 10.6 Å². The summed E-state index contributed by atoms with van der Waals surface area (Å²) in [7, 11) is 0. The number of halogens is 2. The molecule has 3 N–H and O–H groups in total. The van der Waals surface area contributed by atoms with Gasteiger partial charge in [0.2, 0.25) is 5.91 Å². The van der Waals surface area contributed by atoms with Gasteiger partial charge in [0.1, 0.15) is 9.90 Å². The Kier molecular flexibility index (Phi) is 8.21. The molecule has 0 radical (unpaired) electrons. The Balaban J connectivity index is 1.60. The van der Waals surface area contributed by atoms with Gasteiger partial charge in [-0.3, -0.25) is 14.9 Å². The van der Waals surface area contributed by atoms with Crippen LogP contribution in [-0.4, -0.2) is 28.9 Å². The Morgan fingerprint density at radius 2 is 1.57 bits per heavy atom. The van der Waals surface area contributed by atoms with E-state index in [1.807, 2.05) is 60.7 Å². The minimum Gasteiger partial charge on any atom is -0.351 e. The highest BCUT2D eigenvalue weighted by Gasteiger charge is 2.21. The molecule has 0 fully saturated rings. The predicted octanol–water partition coefficient (Wildman–Crippen LogP) is 3.65. The molecule has 3 rings (SSSR count). The molecule has 9 heteroatoms. The molecular weight excluding hydrogens is 443 g/mol. The lowest BCUT2D eigenvalue weighted by molar-refractivity contribution is -0.123. The molecule has 0 aliphatic rings. The second-order valence-electron chi connectivity index (χ2n) is 6.45. The van der Waals surface area contributed by atoms with Crippen LogP contribution in [0.3, 0.4) is 0 Å². The van der Waals surface area contributed by atoms with E-state index >= 15 is 0 Å². The van der Waals surface area contributed by atoms with E-state index in [1.165, 1.54) is 0 Å². The van der Waals surface area contributed by atoms with E-state index in [-0.39, 0.29) is 27.6 Å². The molecule has 1 unspecified atom stereocenters. The van der Waals surface area contributed by atoms with Crippen LogP contribution in [0.15, 0.2) is 60.7 Å². The molecule has 2 amide bonds. The van der Waals surface area contributed by atoms with Gasteiger partial charge in [-0.2, -0.15) is 4.37 Å². The van der Waals surface area contributed by atoms with Crippen LogP contribution in [0.1, 0.15) is 21.5 Å². The highest BCUT2D eigenvalue weighted by Crippen LogP contribution is 2.27. The molecule has 156 valence electrons. The Hall–Kier alpha value is -2.45. The van der Waals surface area contributed by atoms with E-state index in [2.05, 4.69) is 20.3 Å². The van der Waals surface area contributed by atoms with Crippen molar-refractivity contribution < 1.29 is 9.59 Å². The summed E-state index contributed by atoms with van der Waals surface area (Å²) in [5.41, 5.74) is 2.15. The number of benzene rings is 2. The summed E-state index contributed by atoms with van der Waals surface area (Å²) in [6, 6.07) is 18.8. The number of rotatable bonds is 9. The summed E-state index contributed by atoms with van der Waals surface area (Å²) >= 11 is 12.8. The van der Waals surface area contributed by atoms with Crippen LogP contribution in [0.4, 0.5) is 0 Å². The fourth-order valence-corrected chi connectivity index (χ4v) is 3.99. The number of aromatic nitrogens is 1. The zero-order valence-electron chi connectivity index (χ0n) is 15.9. The van der Waals surface area contributed by atoms with Crippen molar-refractivity contribution in [3.8, 4) is 0 Å². The first kappa shape index (κ1) is 22.2. The van der Waals surface area contributed by atoms with E-state index in [0.29, 0.717) is 13.0 Å². The number of amides is 2. The molecule has 2 aromatic carbocycles. The van der Waals surface area contributed by atoms with Gasteiger partial charge in [-0.1, -0.05) is 83.9 Å². The van der Waals surface area contributed by atoms with Gasteiger partial charge >= 0.3 is 0 Å². The van der Waals surface area contributed by atoms with Crippen molar-refractivity contribution >= 4 is 46.5 Å². The third-order valence-electron chi connectivity index (χ3n) is 4.34. The predicted molar refractivity (Wildman–Crippen MR) is 120 cm³/mol. The Morgan fingerprint density at radius 1 is 0.933 bits per heavy atom. The standard InChI is InChI=1S/C21H20Cl2N4O2S/c22-18-17(19(23)30-27-18)21(29)26-13-25-16(11-14-7-3-1-4-8-14)20(28)24-12-15-9-5-2-6-10-15/h1-10,16,25H,11-13H2,(H,24,28)(H,26,29). The molecule has 0 saturated heterocycles. The molecule has 1 aromatic heterocycles. The summed E-state index contributed by atoms with van der Waals surface area (Å²) in [6.45, 7) is 0.488. The van der Waals surface area contributed by atoms with E-state index < -0.39 is 11.9 Å². The van der Waals surface area contributed by atoms with Gasteiger partial charge in [0, 0.05) is 6.54 Å². The smallest absolute Gasteiger partial charge is 0.257 e. The minimum atomic E-state index is -0.539. The molecule has 1 heterocycles. The first-order valence-corrected chi connectivity index (χ1v) is 10.8. The molecule has 0 spiro atoms. The summed E-state index contributed by atoms with van der Waals surface area (Å²) in [5.74, 6) is -0.611. The molecule has 0 aliphatic carbocycles. The number of carbonyl (C=O) groups is 2. The van der Waals surface area contributed by atoms with Gasteiger partial charge in [0.25, 0.3) is 5.91 Å². The SMILES string of the molecule is O=C(NCNC(Cc1ccccc1)C(=O)NCc1ccccc1)c1c(Cl)nsc1Cl. The van der Waals surface area contributed by atoms with Crippen molar-refractivity contribution in [1.82, 2.24) is 20.3 Å². The first-order chi connectivity index (χ1) is 14.5. The molecule has 0 aliphatic heterocycles. The topological polar surface area (TPSA) is 83.1 Å². The van der Waals surface area contributed by atoms with Gasteiger partial charge in [0.15, 0.2) is 5.15 Å². The minimum absolute atomic E-state index is 0.0592. The molecule has 3 aromatic rings. The van der Waals surface area contributed by atoms with Crippen molar-refractivity contribution in [2.75, 3.05) is 6.67 Å². The fraction of sp³-hybridized carbons (Fsp3) is 0.190. The van der Waals surface area contributed by atoms with Crippen LogP contribution in [0.25, 0.3) is 0 Å². The number of nitrogens with zero attached hydrogens (tertiary/aromatic N) is 1. The lowest BCUT2D eigenvalue weighted by Crippen LogP contribution is -2.49. The summed E-state index contributed by atoms with van der Waals surface area (Å²) in [6.07, 6.45) is 0.471. The summed E-state index contributed by atoms with van der Waals surface area (Å²) in [5, 5.41) is 8.77. The van der Waals surface area contributed by atoms with Crippen LogP contribution in [0.2, 0.25) is 9.49 Å². The van der Waals surface area contributed by atoms with E-state index in [4.69, 9.17) is 23.2 Å². The van der Waals surface area contributed by atoms with Gasteiger partial charge in [-0.15, -0.1) is 0 Å². The van der Waals surface area contributed by atoms with Gasteiger partial charge in [-0.25, -0.2) is 0 Å². The maximum absolute atomic E-state index is 12.8. The fourth-order valence-electron chi connectivity index (χ4n) is 2.79. The molecule has 0 saturated carbocycles. The van der Waals surface area contributed by atoms with Crippen molar-refractivity contribution in [2.45, 2.75) is 19.0 Å². The first-order valence-electron chi connectivity index (χ1n) is 9.22. The second kappa shape index (κ2) is 11.1. The molecule has 0 bridgehead atoms. The maximum Gasteiger partial charge on any atom is 0.257 e. The van der Waals surface area contributed by atoms with Crippen molar-refractivity contribution in [2.24, 2.45) is 0 Å². The highest BCUT2D eigenvalue weighted by atomic mass is 35.5. The Bertz CT molecular complexity index is 964. The summed E-state index contributed by atoms with van der Waals surface area (Å²) < 4.78 is 4.07. The van der Waals surface area contributed by atoms with Crippen LogP contribution >= 0.6 is 34.7 Å². The zero-order valence-corrected chi connectivity index (χ0v) is 18.2. The number of hydrogen-bond acceptors (Lipinski definition) is 5. The monoisotopic (exact) mass is 462 g/mol. The van der Waals surface area contributed by atoms with E-state index in [1.54, 1.807) is 0 Å². The molecule has 30 heavy (non-hydrogen) atoms. The maximum atomic E-state index is 12.8. The lowest BCUT2D eigenvalue weighted by Gasteiger charge is -2.19. The van der Waals surface area contributed by atoms with Crippen LogP contribution in [0.5, 0.6) is 0 Å². The van der Waals surface area contributed by atoms with E-state index in [0.717, 1.165) is 22.7 Å². The van der Waals surface area contributed by atoms with Crippen LogP contribution in [-0.2, 0) is 17.8 Å². The number of carbonyl (C=O) groups excluding carboxylic acids is 2. The number of nitrogens with one attached hydrogen (secondary N) is 3. The van der Waals surface area contributed by atoms with E-state index in [9.17, 15) is 9.59 Å². The van der Waals surface area contributed by atoms with Crippen LogP contribution in [0, 0.1) is 0 Å². The quantitative estimate of drug-likeness (QED) is 0.423. The molecule has 6 nitrogen and oxygen atoms in total. The average Bonchev–Trinajstić information content (AvgIpc) is 3.10.